The standard InChI is InChI=1S/C24H29N5O/c25-11-8-17-9-12-28(13-10-17)24(30)22-14-19-6-7-20(23(26)27)15-21(19)29(22)16-18-4-2-1-3-5-18/h1-7,14-15,17H,8-13,16,25H2,(H3,26,27). The largest absolute Gasteiger partial charge is 0.384 e. The van der Waals surface area contributed by atoms with E-state index in [0.29, 0.717) is 30.3 Å². The molecule has 6 nitrogen and oxygen atoms in total. The monoisotopic (exact) mass is 403 g/mol. The number of nitrogens with two attached hydrogens (primary N) is 2. The molecule has 0 saturated carbocycles. The normalized spacial score (nSPS) is 14.9. The first kappa shape index (κ1) is 20.2. The maximum atomic E-state index is 13.5. The van der Waals surface area contributed by atoms with Crippen molar-refractivity contribution in [2.75, 3.05) is 19.6 Å². The van der Waals surface area contributed by atoms with E-state index in [1.165, 1.54) is 0 Å². The van der Waals surface area contributed by atoms with Gasteiger partial charge in [0.2, 0.25) is 0 Å². The van der Waals surface area contributed by atoms with Gasteiger partial charge >= 0.3 is 0 Å². The molecule has 0 radical (unpaired) electrons. The van der Waals surface area contributed by atoms with Crippen molar-refractivity contribution in [3.05, 3.63) is 71.4 Å². The van der Waals surface area contributed by atoms with Gasteiger partial charge in [-0.15, -0.1) is 0 Å². The summed E-state index contributed by atoms with van der Waals surface area (Å²) in [5, 5.41) is 8.78. The highest BCUT2D eigenvalue weighted by atomic mass is 16.2. The fourth-order valence-electron chi connectivity index (χ4n) is 4.36. The Hall–Kier alpha value is -3.12. The van der Waals surface area contributed by atoms with Crippen LogP contribution >= 0.6 is 0 Å². The van der Waals surface area contributed by atoms with Gasteiger partial charge in [0.05, 0.1) is 0 Å². The number of aromatic nitrogens is 1. The van der Waals surface area contributed by atoms with Crippen LogP contribution in [-0.2, 0) is 6.54 Å². The Labute approximate surface area is 177 Å². The molecule has 1 aliphatic heterocycles. The number of carbonyl (C=O) groups excluding carboxylic acids is 1. The molecule has 1 amide bonds. The van der Waals surface area contributed by atoms with Crippen LogP contribution in [0.15, 0.2) is 54.6 Å². The maximum absolute atomic E-state index is 13.5. The number of likely N-dealkylation sites (tertiary alicyclic amines) is 1. The average Bonchev–Trinajstić information content (AvgIpc) is 3.12. The summed E-state index contributed by atoms with van der Waals surface area (Å²) in [5.74, 6) is 0.712. The van der Waals surface area contributed by atoms with Crippen molar-refractivity contribution in [2.45, 2.75) is 25.8 Å². The summed E-state index contributed by atoms with van der Waals surface area (Å²) >= 11 is 0. The smallest absolute Gasteiger partial charge is 0.270 e. The first-order valence-electron chi connectivity index (χ1n) is 10.6. The quantitative estimate of drug-likeness (QED) is 0.435. The van der Waals surface area contributed by atoms with Gasteiger partial charge in [-0.3, -0.25) is 10.2 Å². The van der Waals surface area contributed by atoms with Gasteiger partial charge in [0.1, 0.15) is 11.5 Å². The van der Waals surface area contributed by atoms with Crippen LogP contribution in [0.25, 0.3) is 10.9 Å². The molecule has 30 heavy (non-hydrogen) atoms. The average molecular weight is 404 g/mol. The molecule has 1 saturated heterocycles. The van der Waals surface area contributed by atoms with Gasteiger partial charge in [-0.2, -0.15) is 0 Å². The molecule has 4 rings (SSSR count). The second kappa shape index (κ2) is 8.71. The number of fused-ring (bicyclic) bond motifs is 1. The number of piperidine rings is 1. The summed E-state index contributed by atoms with van der Waals surface area (Å²) in [6, 6.07) is 17.8. The van der Waals surface area contributed by atoms with Crippen LogP contribution in [0.3, 0.4) is 0 Å². The van der Waals surface area contributed by atoms with E-state index >= 15 is 0 Å². The third kappa shape index (κ3) is 4.09. The zero-order chi connectivity index (χ0) is 21.1. The fraction of sp³-hybridized carbons (Fsp3) is 0.333. The Balaban J connectivity index is 1.70. The molecule has 0 atom stereocenters. The van der Waals surface area contributed by atoms with E-state index in [1.54, 1.807) is 0 Å². The van der Waals surface area contributed by atoms with Gasteiger partial charge in [0, 0.05) is 36.1 Å². The summed E-state index contributed by atoms with van der Waals surface area (Å²) < 4.78 is 2.06. The summed E-state index contributed by atoms with van der Waals surface area (Å²) in [7, 11) is 0. The van der Waals surface area contributed by atoms with Gasteiger partial charge < -0.3 is 20.9 Å². The number of amidine groups is 1. The van der Waals surface area contributed by atoms with Crippen LogP contribution in [0.4, 0.5) is 0 Å². The number of rotatable bonds is 6. The van der Waals surface area contributed by atoms with E-state index in [0.717, 1.165) is 48.8 Å². The van der Waals surface area contributed by atoms with Gasteiger partial charge in [0.15, 0.2) is 0 Å². The SMILES string of the molecule is N=C(N)c1ccc2cc(C(=O)N3CCC(CCN)CC3)n(Cc3ccccc3)c2c1. The number of amides is 1. The summed E-state index contributed by atoms with van der Waals surface area (Å²) in [6.07, 6.45) is 3.05. The Kier molecular flexibility index (Phi) is 5.86. The molecule has 1 fully saturated rings. The van der Waals surface area contributed by atoms with Crippen molar-refractivity contribution in [2.24, 2.45) is 17.4 Å². The highest BCUT2D eigenvalue weighted by molar-refractivity contribution is 6.02. The van der Waals surface area contributed by atoms with Crippen molar-refractivity contribution in [3.8, 4) is 0 Å². The predicted molar refractivity (Wildman–Crippen MR) is 121 cm³/mol. The molecule has 3 aromatic rings. The predicted octanol–water partition coefficient (Wildman–Crippen LogP) is 3.17. The van der Waals surface area contributed by atoms with Gasteiger partial charge in [0.25, 0.3) is 5.91 Å². The number of hydrogen-bond donors (Lipinski definition) is 3. The van der Waals surface area contributed by atoms with Crippen LogP contribution in [0.1, 0.15) is 40.9 Å². The second-order valence-corrected chi connectivity index (χ2v) is 8.10. The van der Waals surface area contributed by atoms with Crippen LogP contribution in [0, 0.1) is 11.3 Å². The summed E-state index contributed by atoms with van der Waals surface area (Å²) in [6.45, 7) is 2.85. The van der Waals surface area contributed by atoms with E-state index in [1.807, 2.05) is 47.4 Å². The highest BCUT2D eigenvalue weighted by Crippen LogP contribution is 2.26. The zero-order valence-corrected chi connectivity index (χ0v) is 17.2. The molecular formula is C24H29N5O. The lowest BCUT2D eigenvalue weighted by molar-refractivity contribution is 0.0678. The molecule has 6 heteroatoms. The molecule has 0 spiro atoms. The molecule has 5 N–H and O–H groups in total. The Morgan fingerprint density at radius 1 is 1.07 bits per heavy atom. The lowest BCUT2D eigenvalue weighted by Gasteiger charge is -2.32. The first-order chi connectivity index (χ1) is 14.6. The van der Waals surface area contributed by atoms with Gasteiger partial charge in [-0.25, -0.2) is 0 Å². The van der Waals surface area contributed by atoms with E-state index in [-0.39, 0.29) is 11.7 Å². The molecule has 1 aliphatic rings. The number of carbonyl (C=O) groups is 1. The van der Waals surface area contributed by atoms with Crippen LogP contribution in [0.2, 0.25) is 0 Å². The molecule has 2 heterocycles. The van der Waals surface area contributed by atoms with E-state index in [4.69, 9.17) is 16.9 Å². The second-order valence-electron chi connectivity index (χ2n) is 8.10. The first-order valence-corrected chi connectivity index (χ1v) is 10.6. The summed E-state index contributed by atoms with van der Waals surface area (Å²) in [5.41, 5.74) is 14.8. The number of benzene rings is 2. The number of nitrogen functional groups attached to an aromatic ring is 1. The van der Waals surface area contributed by atoms with Gasteiger partial charge in [-0.05, 0) is 49.4 Å². The Morgan fingerprint density at radius 3 is 2.47 bits per heavy atom. The molecule has 0 aliphatic carbocycles. The number of nitrogens with one attached hydrogen (secondary N) is 1. The minimum Gasteiger partial charge on any atom is -0.384 e. The van der Waals surface area contributed by atoms with Crippen LogP contribution < -0.4 is 11.5 Å². The van der Waals surface area contributed by atoms with Crippen molar-refractivity contribution < 1.29 is 4.79 Å². The Bertz CT molecular complexity index is 1050. The molecule has 0 unspecified atom stereocenters. The lowest BCUT2D eigenvalue weighted by Crippen LogP contribution is -2.39. The number of hydrogen-bond acceptors (Lipinski definition) is 3. The van der Waals surface area contributed by atoms with Gasteiger partial charge in [-0.1, -0.05) is 42.5 Å². The van der Waals surface area contributed by atoms with E-state index < -0.39 is 0 Å². The van der Waals surface area contributed by atoms with Crippen molar-refractivity contribution >= 4 is 22.6 Å². The van der Waals surface area contributed by atoms with E-state index in [9.17, 15) is 4.79 Å². The van der Waals surface area contributed by atoms with Crippen LogP contribution in [0.5, 0.6) is 0 Å². The molecular weight excluding hydrogens is 374 g/mol. The maximum Gasteiger partial charge on any atom is 0.270 e. The summed E-state index contributed by atoms with van der Waals surface area (Å²) in [4.78, 5) is 15.4. The van der Waals surface area contributed by atoms with Crippen molar-refractivity contribution in [3.63, 3.8) is 0 Å². The fourth-order valence-corrected chi connectivity index (χ4v) is 4.36. The Morgan fingerprint density at radius 2 is 1.80 bits per heavy atom. The van der Waals surface area contributed by atoms with Crippen molar-refractivity contribution in [1.82, 2.24) is 9.47 Å². The molecule has 0 bridgehead atoms. The minimum atomic E-state index is 0.0270. The van der Waals surface area contributed by atoms with Crippen LogP contribution in [-0.4, -0.2) is 40.8 Å². The topological polar surface area (TPSA) is 101 Å². The number of nitrogens with zero attached hydrogens (tertiary/aromatic N) is 2. The third-order valence-corrected chi connectivity index (χ3v) is 6.09. The van der Waals surface area contributed by atoms with E-state index in [2.05, 4.69) is 16.7 Å². The van der Waals surface area contributed by atoms with Crippen molar-refractivity contribution in [1.29, 1.82) is 5.41 Å². The molecule has 2 aromatic carbocycles. The molecule has 156 valence electrons. The minimum absolute atomic E-state index is 0.0270. The lowest BCUT2D eigenvalue weighted by atomic mass is 9.93. The highest BCUT2D eigenvalue weighted by Gasteiger charge is 2.26. The molecule has 1 aromatic heterocycles. The zero-order valence-electron chi connectivity index (χ0n) is 17.2. The third-order valence-electron chi connectivity index (χ3n) is 6.09.